The van der Waals surface area contributed by atoms with E-state index in [9.17, 15) is 14.0 Å². The molecule has 1 aliphatic rings. The highest BCUT2D eigenvalue weighted by atomic mass is 32.1. The number of amides is 2. The molecule has 1 atom stereocenters. The van der Waals surface area contributed by atoms with Crippen LogP contribution in [0.4, 0.5) is 15.8 Å². The molecule has 0 aromatic heterocycles. The lowest BCUT2D eigenvalue weighted by Crippen LogP contribution is -2.36. The van der Waals surface area contributed by atoms with Crippen molar-refractivity contribution in [1.82, 2.24) is 0 Å². The molecule has 9 heteroatoms. The van der Waals surface area contributed by atoms with Crippen molar-refractivity contribution in [3.8, 4) is 0 Å². The van der Waals surface area contributed by atoms with Gasteiger partial charge in [-0.25, -0.2) is 4.39 Å². The second kappa shape index (κ2) is 8.22. The van der Waals surface area contributed by atoms with Crippen LogP contribution in [0.2, 0.25) is 0 Å². The van der Waals surface area contributed by atoms with Crippen LogP contribution in [0.3, 0.4) is 0 Å². The second-order valence-electron chi connectivity index (χ2n) is 6.36. The van der Waals surface area contributed by atoms with Crippen LogP contribution in [0.15, 0.2) is 23.2 Å². The molecule has 2 amide bonds. The molecule has 1 unspecified atom stereocenters. The lowest BCUT2D eigenvalue weighted by Gasteiger charge is -2.19. The van der Waals surface area contributed by atoms with E-state index in [0.29, 0.717) is 12.3 Å². The highest BCUT2D eigenvalue weighted by molar-refractivity contribution is 7.84. The molecule has 1 saturated carbocycles. The number of carbonyl (C=O) groups is 2. The molecule has 140 valence electrons. The molecular weight excluding hydrogens is 357 g/mol. The maximum atomic E-state index is 14.4. The molecule has 0 heterocycles. The van der Waals surface area contributed by atoms with Gasteiger partial charge in [-0.15, -0.1) is 12.6 Å². The van der Waals surface area contributed by atoms with Crippen molar-refractivity contribution in [1.29, 1.82) is 5.41 Å². The molecule has 0 bridgehead atoms. The predicted octanol–water partition coefficient (Wildman–Crippen LogP) is 2.21. The Kier molecular flexibility index (Phi) is 6.25. The van der Waals surface area contributed by atoms with Crippen LogP contribution in [-0.2, 0) is 4.79 Å². The second-order valence-corrected chi connectivity index (χ2v) is 6.84. The number of allylic oxidation sites excluding steroid dienone is 1. The Balaban J connectivity index is 2.33. The average Bonchev–Trinajstić information content (AvgIpc) is 3.32. The quantitative estimate of drug-likeness (QED) is 0.290. The van der Waals surface area contributed by atoms with E-state index in [0.717, 1.165) is 18.9 Å². The van der Waals surface area contributed by atoms with Crippen LogP contribution in [0.5, 0.6) is 0 Å². The fourth-order valence-electron chi connectivity index (χ4n) is 2.49. The number of nitrogens with two attached hydrogens (primary N) is 2. The SMILES string of the molecule is CC(=N)/C=C(\S)Nc1cc(NC(CC2CC2)C(N)=O)c(F)cc1C(N)=O. The summed E-state index contributed by atoms with van der Waals surface area (Å²) in [6.07, 6.45) is 4.00. The molecule has 1 aromatic carbocycles. The van der Waals surface area contributed by atoms with Crippen molar-refractivity contribution >= 4 is 41.5 Å². The molecule has 26 heavy (non-hydrogen) atoms. The zero-order chi connectivity index (χ0) is 19.4. The van der Waals surface area contributed by atoms with Crippen molar-refractivity contribution in [2.75, 3.05) is 10.6 Å². The maximum absolute atomic E-state index is 14.4. The number of carbonyl (C=O) groups excluding carboxylic acids is 2. The third-order valence-corrected chi connectivity index (χ3v) is 4.17. The fourth-order valence-corrected chi connectivity index (χ4v) is 2.81. The van der Waals surface area contributed by atoms with Crippen molar-refractivity contribution in [3.05, 3.63) is 34.6 Å². The molecule has 2 rings (SSSR count). The number of primary amides is 2. The summed E-state index contributed by atoms with van der Waals surface area (Å²) >= 11 is 4.18. The van der Waals surface area contributed by atoms with E-state index in [1.165, 1.54) is 12.1 Å². The van der Waals surface area contributed by atoms with Gasteiger partial charge in [-0.1, -0.05) is 12.8 Å². The topological polar surface area (TPSA) is 134 Å². The van der Waals surface area contributed by atoms with E-state index in [1.54, 1.807) is 6.92 Å². The van der Waals surface area contributed by atoms with Gasteiger partial charge in [0, 0.05) is 5.71 Å². The van der Waals surface area contributed by atoms with Crippen LogP contribution in [0.1, 0.15) is 36.5 Å². The van der Waals surface area contributed by atoms with Crippen LogP contribution < -0.4 is 22.1 Å². The molecule has 0 spiro atoms. The summed E-state index contributed by atoms with van der Waals surface area (Å²) < 4.78 is 14.4. The third-order valence-electron chi connectivity index (χ3n) is 3.93. The van der Waals surface area contributed by atoms with Crippen molar-refractivity contribution in [3.63, 3.8) is 0 Å². The van der Waals surface area contributed by atoms with E-state index < -0.39 is 23.7 Å². The van der Waals surface area contributed by atoms with Crippen LogP contribution in [-0.4, -0.2) is 23.6 Å². The Labute approximate surface area is 156 Å². The Hall–Kier alpha value is -2.55. The number of halogens is 1. The number of benzene rings is 1. The highest BCUT2D eigenvalue weighted by Crippen LogP contribution is 2.35. The van der Waals surface area contributed by atoms with Gasteiger partial charge in [0.1, 0.15) is 11.9 Å². The first-order chi connectivity index (χ1) is 12.2. The summed E-state index contributed by atoms with van der Waals surface area (Å²) in [6, 6.07) is 1.61. The standard InChI is InChI=1S/C17H22FN5O2S/c1-8(19)4-15(26)23-12-7-13(11(18)6-10(12)16(20)24)22-14(17(21)25)5-9-2-3-9/h4,6-7,9,14,19,22-23,26H,2-3,5H2,1H3,(H2,20,24)(H2,21,25)/b15-4-,19-8?. The number of rotatable bonds is 9. The zero-order valence-electron chi connectivity index (χ0n) is 14.3. The molecule has 0 radical (unpaired) electrons. The smallest absolute Gasteiger partial charge is 0.250 e. The van der Waals surface area contributed by atoms with Gasteiger partial charge in [0.15, 0.2) is 0 Å². The van der Waals surface area contributed by atoms with Gasteiger partial charge in [0.2, 0.25) is 5.91 Å². The van der Waals surface area contributed by atoms with Crippen molar-refractivity contribution in [2.45, 2.75) is 32.2 Å². The maximum Gasteiger partial charge on any atom is 0.250 e. The van der Waals surface area contributed by atoms with Gasteiger partial charge in [-0.3, -0.25) is 9.59 Å². The third kappa shape index (κ3) is 5.48. The van der Waals surface area contributed by atoms with Gasteiger partial charge in [-0.2, -0.15) is 0 Å². The summed E-state index contributed by atoms with van der Waals surface area (Å²) in [5.74, 6) is -1.71. The van der Waals surface area contributed by atoms with Gasteiger partial charge in [-0.05, 0) is 37.5 Å². The monoisotopic (exact) mass is 379 g/mol. The first-order valence-electron chi connectivity index (χ1n) is 8.09. The predicted molar refractivity (Wildman–Crippen MR) is 103 cm³/mol. The summed E-state index contributed by atoms with van der Waals surface area (Å²) in [6.45, 7) is 1.56. The lowest BCUT2D eigenvalue weighted by molar-refractivity contribution is -0.118. The normalized spacial score (nSPS) is 15.3. The zero-order valence-corrected chi connectivity index (χ0v) is 15.2. The molecule has 0 saturated heterocycles. The number of anilines is 2. The minimum atomic E-state index is -0.824. The molecular formula is C17H22FN5O2S. The summed E-state index contributed by atoms with van der Waals surface area (Å²) in [7, 11) is 0. The van der Waals surface area contributed by atoms with E-state index in [4.69, 9.17) is 16.9 Å². The largest absolute Gasteiger partial charge is 0.371 e. The lowest BCUT2D eigenvalue weighted by atomic mass is 10.1. The minimum Gasteiger partial charge on any atom is -0.371 e. The molecule has 1 aliphatic carbocycles. The number of thiol groups is 1. The van der Waals surface area contributed by atoms with Gasteiger partial charge < -0.3 is 27.5 Å². The average molecular weight is 379 g/mol. The van der Waals surface area contributed by atoms with Crippen LogP contribution in [0.25, 0.3) is 0 Å². The van der Waals surface area contributed by atoms with E-state index in [1.807, 2.05) is 0 Å². The molecule has 1 aromatic rings. The first-order valence-corrected chi connectivity index (χ1v) is 8.54. The van der Waals surface area contributed by atoms with Gasteiger partial charge >= 0.3 is 0 Å². The highest BCUT2D eigenvalue weighted by Gasteiger charge is 2.29. The van der Waals surface area contributed by atoms with E-state index in [-0.39, 0.29) is 27.7 Å². The summed E-state index contributed by atoms with van der Waals surface area (Å²) in [5, 5.41) is 13.3. The molecule has 7 nitrogen and oxygen atoms in total. The summed E-state index contributed by atoms with van der Waals surface area (Å²) in [5.41, 5.74) is 11.1. The Bertz CT molecular complexity index is 777. The Morgan fingerprint density at radius 2 is 2.04 bits per heavy atom. The first kappa shape index (κ1) is 19.8. The van der Waals surface area contributed by atoms with Crippen LogP contribution >= 0.6 is 12.6 Å². The van der Waals surface area contributed by atoms with E-state index >= 15 is 0 Å². The fraction of sp³-hybridized carbons (Fsp3) is 0.353. The molecule has 0 aliphatic heterocycles. The van der Waals surface area contributed by atoms with E-state index in [2.05, 4.69) is 23.3 Å². The number of hydrogen-bond donors (Lipinski definition) is 6. The van der Waals surface area contributed by atoms with Gasteiger partial charge in [0.05, 0.1) is 22.0 Å². The molecule has 1 fully saturated rings. The minimum absolute atomic E-state index is 0.0228. The number of hydrogen-bond acceptors (Lipinski definition) is 6. The Morgan fingerprint density at radius 1 is 1.38 bits per heavy atom. The van der Waals surface area contributed by atoms with Gasteiger partial charge in [0.25, 0.3) is 5.91 Å². The van der Waals surface area contributed by atoms with Crippen molar-refractivity contribution < 1.29 is 14.0 Å². The summed E-state index contributed by atoms with van der Waals surface area (Å²) in [4.78, 5) is 23.2. The number of nitrogens with one attached hydrogen (secondary N) is 3. The van der Waals surface area contributed by atoms with Crippen molar-refractivity contribution in [2.24, 2.45) is 17.4 Å². The molecule has 7 N–H and O–H groups in total. The Morgan fingerprint density at radius 3 is 2.54 bits per heavy atom. The van der Waals surface area contributed by atoms with Crippen LogP contribution in [0, 0.1) is 17.1 Å².